The quantitative estimate of drug-likeness (QED) is 0.207. The van der Waals surface area contributed by atoms with Crippen molar-refractivity contribution in [3.63, 3.8) is 0 Å². The first-order chi connectivity index (χ1) is 19.2. The minimum atomic E-state index is -0.779. The number of methoxy groups -OCH3 is 2. The van der Waals surface area contributed by atoms with Crippen LogP contribution in [0.15, 0.2) is 72.3 Å². The van der Waals surface area contributed by atoms with Crippen LogP contribution < -0.4 is 14.2 Å². The minimum Gasteiger partial charge on any atom is -0.507 e. The van der Waals surface area contributed by atoms with Gasteiger partial charge in [0.1, 0.15) is 18.1 Å². The van der Waals surface area contributed by atoms with E-state index in [0.29, 0.717) is 47.9 Å². The summed E-state index contributed by atoms with van der Waals surface area (Å²) in [6.07, 6.45) is 0.664. The number of ether oxygens (including phenoxy) is 3. The summed E-state index contributed by atoms with van der Waals surface area (Å²) in [5, 5.41) is 11.4. The summed E-state index contributed by atoms with van der Waals surface area (Å²) in [5.41, 5.74) is 3.30. The molecule has 1 aliphatic rings. The number of benzene rings is 3. The number of aryl methyl sites for hydroxylation is 1. The van der Waals surface area contributed by atoms with E-state index in [1.165, 1.54) is 12.0 Å². The van der Waals surface area contributed by atoms with Crippen LogP contribution in [-0.4, -0.2) is 68.0 Å². The van der Waals surface area contributed by atoms with E-state index in [4.69, 9.17) is 14.2 Å². The van der Waals surface area contributed by atoms with Gasteiger partial charge in [-0.2, -0.15) is 0 Å². The standard InChI is InChI=1S/C32H36N2O6/c1-21-8-6-9-22(18-21)20-40-25-13-10-23(11-14-25)30(35)28-29(24-12-15-26(38-4)27(19-24)39-5)34(32(37)31(28)36)17-7-16-33(2)3/h6,8-15,18-19,29,35H,7,16-17,20H2,1-5H3. The molecule has 0 saturated carbocycles. The van der Waals surface area contributed by atoms with E-state index >= 15 is 0 Å². The highest BCUT2D eigenvalue weighted by atomic mass is 16.5. The lowest BCUT2D eigenvalue weighted by atomic mass is 9.95. The van der Waals surface area contributed by atoms with Gasteiger partial charge >= 0.3 is 0 Å². The van der Waals surface area contributed by atoms with Gasteiger partial charge in [-0.3, -0.25) is 9.59 Å². The lowest BCUT2D eigenvalue weighted by Gasteiger charge is -2.26. The number of amides is 1. The number of hydrogen-bond donors (Lipinski definition) is 1. The molecule has 8 heteroatoms. The molecule has 1 fully saturated rings. The molecule has 1 N–H and O–H groups in total. The smallest absolute Gasteiger partial charge is 0.295 e. The zero-order chi connectivity index (χ0) is 28.8. The molecule has 1 atom stereocenters. The van der Waals surface area contributed by atoms with Crippen molar-refractivity contribution in [1.29, 1.82) is 0 Å². The molecule has 3 aromatic rings. The molecular formula is C32H36N2O6. The van der Waals surface area contributed by atoms with E-state index < -0.39 is 17.7 Å². The maximum atomic E-state index is 13.3. The van der Waals surface area contributed by atoms with E-state index in [2.05, 4.69) is 6.07 Å². The topological polar surface area (TPSA) is 88.5 Å². The van der Waals surface area contributed by atoms with Crippen molar-refractivity contribution in [3.8, 4) is 17.2 Å². The first-order valence-corrected chi connectivity index (χ1v) is 13.2. The van der Waals surface area contributed by atoms with Gasteiger partial charge in [0, 0.05) is 12.1 Å². The predicted molar refractivity (Wildman–Crippen MR) is 154 cm³/mol. The van der Waals surface area contributed by atoms with Crippen molar-refractivity contribution in [1.82, 2.24) is 9.80 Å². The zero-order valence-corrected chi connectivity index (χ0v) is 23.6. The summed E-state index contributed by atoms with van der Waals surface area (Å²) in [4.78, 5) is 30.1. The molecule has 1 aliphatic heterocycles. The summed E-state index contributed by atoms with van der Waals surface area (Å²) in [6, 6.07) is 19.4. The Kier molecular flexibility index (Phi) is 9.11. The molecule has 0 radical (unpaired) electrons. The average Bonchev–Trinajstić information content (AvgIpc) is 3.20. The number of carbonyl (C=O) groups excluding carboxylic acids is 2. The summed E-state index contributed by atoms with van der Waals surface area (Å²) >= 11 is 0. The number of Topliss-reactive ketones (excluding diaryl/α,β-unsaturated/α-hetero) is 1. The third kappa shape index (κ3) is 6.29. The second-order valence-electron chi connectivity index (χ2n) is 10.1. The number of aliphatic hydroxyl groups is 1. The van der Waals surface area contributed by atoms with E-state index in [0.717, 1.165) is 17.7 Å². The molecular weight excluding hydrogens is 508 g/mol. The second-order valence-corrected chi connectivity index (χ2v) is 10.1. The third-order valence-electron chi connectivity index (χ3n) is 6.88. The van der Waals surface area contributed by atoms with Crippen LogP contribution in [0, 0.1) is 6.92 Å². The van der Waals surface area contributed by atoms with Gasteiger partial charge in [0.25, 0.3) is 11.7 Å². The summed E-state index contributed by atoms with van der Waals surface area (Å²) in [6.45, 7) is 3.53. The van der Waals surface area contributed by atoms with Crippen molar-refractivity contribution >= 4 is 17.4 Å². The number of rotatable bonds is 11. The Morgan fingerprint density at radius 3 is 2.33 bits per heavy atom. The molecule has 3 aromatic carbocycles. The summed E-state index contributed by atoms with van der Waals surface area (Å²) in [7, 11) is 6.97. The zero-order valence-electron chi connectivity index (χ0n) is 23.6. The first kappa shape index (κ1) is 28.7. The van der Waals surface area contributed by atoms with E-state index in [1.54, 1.807) is 49.6 Å². The molecule has 1 unspecified atom stereocenters. The van der Waals surface area contributed by atoms with E-state index in [1.807, 2.05) is 44.1 Å². The Morgan fingerprint density at radius 1 is 0.950 bits per heavy atom. The number of nitrogens with zero attached hydrogens (tertiary/aromatic N) is 2. The fraction of sp³-hybridized carbons (Fsp3) is 0.312. The van der Waals surface area contributed by atoms with Crippen LogP contribution in [0.3, 0.4) is 0 Å². The van der Waals surface area contributed by atoms with Gasteiger partial charge in [-0.05, 0) is 81.5 Å². The number of hydrogen-bond acceptors (Lipinski definition) is 7. The van der Waals surface area contributed by atoms with Crippen LogP contribution in [0.1, 0.15) is 34.7 Å². The lowest BCUT2D eigenvalue weighted by molar-refractivity contribution is -0.139. The van der Waals surface area contributed by atoms with Gasteiger partial charge in [-0.1, -0.05) is 35.9 Å². The Bertz CT molecular complexity index is 1400. The van der Waals surface area contributed by atoms with Gasteiger partial charge in [0.05, 0.1) is 25.8 Å². The van der Waals surface area contributed by atoms with Crippen molar-refractivity contribution in [2.45, 2.75) is 26.0 Å². The maximum Gasteiger partial charge on any atom is 0.295 e. The highest BCUT2D eigenvalue weighted by molar-refractivity contribution is 6.46. The molecule has 4 rings (SSSR count). The molecule has 40 heavy (non-hydrogen) atoms. The van der Waals surface area contributed by atoms with Crippen LogP contribution in [0.25, 0.3) is 5.76 Å². The van der Waals surface area contributed by atoms with Crippen LogP contribution in [0.2, 0.25) is 0 Å². The Labute approximate surface area is 235 Å². The predicted octanol–water partition coefficient (Wildman–Crippen LogP) is 4.96. The van der Waals surface area contributed by atoms with Crippen molar-refractivity contribution in [2.75, 3.05) is 41.4 Å². The second kappa shape index (κ2) is 12.7. The van der Waals surface area contributed by atoms with Gasteiger partial charge < -0.3 is 29.1 Å². The Morgan fingerprint density at radius 2 is 1.68 bits per heavy atom. The molecule has 1 heterocycles. The maximum absolute atomic E-state index is 13.3. The van der Waals surface area contributed by atoms with Crippen molar-refractivity contribution in [3.05, 3.63) is 94.6 Å². The average molecular weight is 545 g/mol. The first-order valence-electron chi connectivity index (χ1n) is 13.2. The number of carbonyl (C=O) groups is 2. The van der Waals surface area contributed by atoms with Gasteiger partial charge in [-0.25, -0.2) is 0 Å². The molecule has 1 saturated heterocycles. The molecule has 0 spiro atoms. The monoisotopic (exact) mass is 544 g/mol. The van der Waals surface area contributed by atoms with Crippen molar-refractivity contribution < 1.29 is 28.9 Å². The summed E-state index contributed by atoms with van der Waals surface area (Å²) < 4.78 is 16.8. The van der Waals surface area contributed by atoms with Gasteiger partial charge in [0.2, 0.25) is 0 Å². The molecule has 0 aromatic heterocycles. The molecule has 0 aliphatic carbocycles. The number of likely N-dealkylation sites (tertiary alicyclic amines) is 1. The third-order valence-corrected chi connectivity index (χ3v) is 6.88. The fourth-order valence-corrected chi connectivity index (χ4v) is 4.87. The van der Waals surface area contributed by atoms with Crippen LogP contribution in [0.5, 0.6) is 17.2 Å². The lowest BCUT2D eigenvalue weighted by Crippen LogP contribution is -2.32. The molecule has 8 nitrogen and oxygen atoms in total. The molecule has 1 amide bonds. The fourth-order valence-electron chi connectivity index (χ4n) is 4.87. The van der Waals surface area contributed by atoms with Crippen LogP contribution in [-0.2, 0) is 16.2 Å². The minimum absolute atomic E-state index is 0.0375. The van der Waals surface area contributed by atoms with E-state index in [9.17, 15) is 14.7 Å². The highest BCUT2D eigenvalue weighted by Gasteiger charge is 2.46. The molecule has 0 bridgehead atoms. The van der Waals surface area contributed by atoms with Gasteiger partial charge in [-0.15, -0.1) is 0 Å². The van der Waals surface area contributed by atoms with Crippen LogP contribution in [0.4, 0.5) is 0 Å². The summed E-state index contributed by atoms with van der Waals surface area (Å²) in [5.74, 6) is 0.0169. The largest absolute Gasteiger partial charge is 0.507 e. The number of ketones is 1. The van der Waals surface area contributed by atoms with E-state index in [-0.39, 0.29) is 11.3 Å². The molecule has 210 valence electrons. The normalized spacial score (nSPS) is 16.4. The highest BCUT2D eigenvalue weighted by Crippen LogP contribution is 2.42. The Hall–Kier alpha value is -4.30. The van der Waals surface area contributed by atoms with Crippen LogP contribution >= 0.6 is 0 Å². The van der Waals surface area contributed by atoms with Gasteiger partial charge in [0.15, 0.2) is 11.5 Å². The van der Waals surface area contributed by atoms with Crippen molar-refractivity contribution in [2.24, 2.45) is 0 Å². The Balaban J connectivity index is 1.67. The SMILES string of the molecule is COc1ccc(C2C(=C(O)c3ccc(OCc4cccc(C)c4)cc3)C(=O)C(=O)N2CCCN(C)C)cc1OC. The number of aliphatic hydroxyl groups excluding tert-OH is 1.